The summed E-state index contributed by atoms with van der Waals surface area (Å²) in [4.78, 5) is 2.33. The summed E-state index contributed by atoms with van der Waals surface area (Å²) in [5.74, 6) is 1.51. The molecule has 2 fully saturated rings. The van der Waals surface area contributed by atoms with Crippen LogP contribution in [0.1, 0.15) is 42.9 Å². The summed E-state index contributed by atoms with van der Waals surface area (Å²) < 4.78 is 1.82. The Bertz CT molecular complexity index is 1030. The van der Waals surface area contributed by atoms with Gasteiger partial charge in [-0.2, -0.15) is 9.61 Å². The highest BCUT2D eigenvalue weighted by molar-refractivity contribution is 5.81. The van der Waals surface area contributed by atoms with Crippen LogP contribution in [0.25, 0.3) is 16.8 Å². The molecule has 1 aliphatic heterocycles. The van der Waals surface area contributed by atoms with Crippen LogP contribution in [-0.4, -0.2) is 56.0 Å². The van der Waals surface area contributed by atoms with E-state index in [4.69, 9.17) is 0 Å². The van der Waals surface area contributed by atoms with Gasteiger partial charge in [0.15, 0.2) is 0 Å². The topological polar surface area (TPSA) is 78.6 Å². The number of piperidine rings is 1. The number of rotatable bonds is 4. The van der Waals surface area contributed by atoms with Crippen molar-refractivity contribution in [1.82, 2.24) is 24.7 Å². The molecule has 2 N–H and O–H groups in total. The van der Waals surface area contributed by atoms with Crippen LogP contribution in [0, 0.1) is 6.92 Å². The van der Waals surface area contributed by atoms with Crippen LogP contribution in [0.5, 0.6) is 5.75 Å². The number of nitrogens with zero attached hydrogens (tertiary/aromatic N) is 5. The van der Waals surface area contributed by atoms with Gasteiger partial charge in [-0.25, -0.2) is 0 Å². The molecule has 3 heterocycles. The third-order valence-corrected chi connectivity index (χ3v) is 5.80. The minimum absolute atomic E-state index is 0.258. The fourth-order valence-electron chi connectivity index (χ4n) is 4.19. The summed E-state index contributed by atoms with van der Waals surface area (Å²) >= 11 is 0. The quantitative estimate of drug-likeness (QED) is 0.726. The number of nitrogens with one attached hydrogen (secondary N) is 1. The average Bonchev–Trinajstić information content (AvgIpc) is 3.43. The lowest BCUT2D eigenvalue weighted by molar-refractivity contribution is 0.260. The molecule has 3 aromatic rings. The van der Waals surface area contributed by atoms with Gasteiger partial charge in [0.25, 0.3) is 0 Å². The Labute approximate surface area is 164 Å². The lowest BCUT2D eigenvalue weighted by Gasteiger charge is -2.30. The minimum Gasteiger partial charge on any atom is -0.507 e. The summed E-state index contributed by atoms with van der Waals surface area (Å²) in [5.41, 5.74) is 4.31. The van der Waals surface area contributed by atoms with Crippen molar-refractivity contribution in [3.63, 3.8) is 0 Å². The third-order valence-electron chi connectivity index (χ3n) is 5.80. The minimum atomic E-state index is 0.258. The van der Waals surface area contributed by atoms with Gasteiger partial charge in [-0.3, -0.25) is 0 Å². The molecule has 1 saturated heterocycles. The highest BCUT2D eigenvalue weighted by Crippen LogP contribution is 2.43. The van der Waals surface area contributed by atoms with E-state index in [1.54, 1.807) is 0 Å². The molecule has 0 amide bonds. The fourth-order valence-corrected chi connectivity index (χ4v) is 4.19. The maximum Gasteiger partial charge on any atom is 0.244 e. The number of benzene rings is 1. The number of phenols is 1. The number of anilines is 1. The van der Waals surface area contributed by atoms with E-state index in [2.05, 4.69) is 38.6 Å². The molecule has 1 saturated carbocycles. The molecule has 0 bridgehead atoms. The Morgan fingerprint density at radius 1 is 1.14 bits per heavy atom. The van der Waals surface area contributed by atoms with Gasteiger partial charge < -0.3 is 15.3 Å². The molecule has 7 heteroatoms. The summed E-state index contributed by atoms with van der Waals surface area (Å²) in [7, 11) is 2.14. The molecule has 7 nitrogen and oxygen atoms in total. The highest BCUT2D eigenvalue weighted by Gasteiger charge is 2.25. The summed E-state index contributed by atoms with van der Waals surface area (Å²) in [6, 6.07) is 8.25. The van der Waals surface area contributed by atoms with Crippen LogP contribution in [-0.2, 0) is 0 Å². The van der Waals surface area contributed by atoms with Crippen LogP contribution in [0.4, 0.5) is 5.95 Å². The van der Waals surface area contributed by atoms with E-state index in [9.17, 15) is 5.11 Å². The van der Waals surface area contributed by atoms with Crippen LogP contribution in [0.3, 0.4) is 0 Å². The average molecular weight is 378 g/mol. The third kappa shape index (κ3) is 3.20. The molecule has 1 aliphatic carbocycles. The van der Waals surface area contributed by atoms with Gasteiger partial charge in [0.05, 0.1) is 11.2 Å². The van der Waals surface area contributed by atoms with Crippen molar-refractivity contribution in [2.24, 2.45) is 0 Å². The van der Waals surface area contributed by atoms with E-state index < -0.39 is 0 Å². The molecule has 5 rings (SSSR count). The normalized spacial score (nSPS) is 20.6. The first kappa shape index (κ1) is 17.4. The second-order valence-electron chi connectivity index (χ2n) is 8.25. The molecule has 28 heavy (non-hydrogen) atoms. The molecule has 2 aromatic heterocycles. The number of phenolic OH excluding ortho intramolecular Hbond substituents is 1. The molecular weight excluding hydrogens is 352 g/mol. The van der Waals surface area contributed by atoms with Crippen molar-refractivity contribution >= 4 is 11.5 Å². The standard InChI is InChI=1S/C21H26N6O/c1-13-10-18-20(17-8-7-15(11-19(17)28)14-5-6-14)23-24-21(27(18)25-13)22-16-4-3-9-26(2)12-16/h7-8,10-11,14,16,28H,3-6,9,12H2,1-2H3,(H,22,24)/t16-/m1/s1. The van der Waals surface area contributed by atoms with E-state index >= 15 is 0 Å². The number of likely N-dealkylation sites (N-methyl/N-ethyl adjacent to an activating group) is 1. The number of likely N-dealkylation sites (tertiary alicyclic amines) is 1. The number of aryl methyl sites for hydroxylation is 1. The van der Waals surface area contributed by atoms with Gasteiger partial charge in [-0.1, -0.05) is 6.07 Å². The lowest BCUT2D eigenvalue weighted by atomic mass is 10.0. The predicted molar refractivity (Wildman–Crippen MR) is 109 cm³/mol. The van der Waals surface area contributed by atoms with Crippen molar-refractivity contribution in [2.45, 2.75) is 44.6 Å². The molecule has 0 spiro atoms. The van der Waals surface area contributed by atoms with Crippen LogP contribution >= 0.6 is 0 Å². The van der Waals surface area contributed by atoms with Crippen LogP contribution in [0.15, 0.2) is 24.3 Å². The number of hydrogen-bond donors (Lipinski definition) is 2. The van der Waals surface area contributed by atoms with Gasteiger partial charge in [0.2, 0.25) is 5.95 Å². The fraction of sp³-hybridized carbons (Fsp3) is 0.476. The van der Waals surface area contributed by atoms with Gasteiger partial charge >= 0.3 is 0 Å². The van der Waals surface area contributed by atoms with Gasteiger partial charge in [0.1, 0.15) is 11.4 Å². The van der Waals surface area contributed by atoms with E-state index in [1.165, 1.54) is 24.8 Å². The monoisotopic (exact) mass is 378 g/mol. The largest absolute Gasteiger partial charge is 0.507 e. The summed E-state index contributed by atoms with van der Waals surface area (Å²) in [6.45, 7) is 4.08. The van der Waals surface area contributed by atoms with Crippen molar-refractivity contribution < 1.29 is 5.11 Å². The van der Waals surface area contributed by atoms with Crippen molar-refractivity contribution in [3.8, 4) is 17.0 Å². The van der Waals surface area contributed by atoms with E-state index in [-0.39, 0.29) is 5.75 Å². The second kappa shape index (κ2) is 6.74. The number of aromatic hydroxyl groups is 1. The SMILES string of the molecule is Cc1cc2c(-c3ccc(C4CC4)cc3O)nnc(N[C@@H]3CCCN(C)C3)n2n1. The van der Waals surface area contributed by atoms with E-state index in [0.29, 0.717) is 29.2 Å². The first-order chi connectivity index (χ1) is 13.6. The molecule has 1 aromatic carbocycles. The van der Waals surface area contributed by atoms with Crippen molar-refractivity contribution in [1.29, 1.82) is 0 Å². The van der Waals surface area contributed by atoms with Crippen LogP contribution in [0.2, 0.25) is 0 Å². The van der Waals surface area contributed by atoms with Gasteiger partial charge in [-0.15, -0.1) is 10.2 Å². The smallest absolute Gasteiger partial charge is 0.244 e. The van der Waals surface area contributed by atoms with E-state index in [1.807, 2.05) is 29.6 Å². The molecule has 1 atom stereocenters. The number of hydrogen-bond acceptors (Lipinski definition) is 6. The summed E-state index contributed by atoms with van der Waals surface area (Å²) in [5, 5.41) is 27.7. The van der Waals surface area contributed by atoms with Crippen molar-refractivity contribution in [2.75, 3.05) is 25.5 Å². The Morgan fingerprint density at radius 2 is 2.00 bits per heavy atom. The summed E-state index contributed by atoms with van der Waals surface area (Å²) in [6.07, 6.45) is 4.70. The molecule has 2 aliphatic rings. The zero-order valence-corrected chi connectivity index (χ0v) is 16.4. The zero-order valence-electron chi connectivity index (χ0n) is 16.4. The lowest BCUT2D eigenvalue weighted by Crippen LogP contribution is -2.40. The van der Waals surface area contributed by atoms with Gasteiger partial charge in [0, 0.05) is 18.2 Å². The maximum atomic E-state index is 10.6. The molecule has 146 valence electrons. The first-order valence-corrected chi connectivity index (χ1v) is 10.1. The second-order valence-corrected chi connectivity index (χ2v) is 8.25. The van der Waals surface area contributed by atoms with Crippen LogP contribution < -0.4 is 5.32 Å². The van der Waals surface area contributed by atoms with Gasteiger partial charge in [-0.05, 0) is 75.9 Å². The molecule has 0 unspecified atom stereocenters. The van der Waals surface area contributed by atoms with E-state index in [0.717, 1.165) is 30.7 Å². The first-order valence-electron chi connectivity index (χ1n) is 10.1. The highest BCUT2D eigenvalue weighted by atomic mass is 16.3. The Hall–Kier alpha value is -2.67. The molecule has 0 radical (unpaired) electrons. The van der Waals surface area contributed by atoms with Crippen molar-refractivity contribution in [3.05, 3.63) is 35.5 Å². The Kier molecular flexibility index (Phi) is 4.19. The zero-order chi connectivity index (χ0) is 19.3. The Balaban J connectivity index is 1.52. The predicted octanol–water partition coefficient (Wildman–Crippen LogP) is 3.19. The Morgan fingerprint density at radius 3 is 2.75 bits per heavy atom. The maximum absolute atomic E-state index is 10.6. The number of fused-ring (bicyclic) bond motifs is 1. The molecular formula is C21H26N6O. The number of aromatic nitrogens is 4.